The van der Waals surface area contributed by atoms with Crippen LogP contribution >= 0.6 is 0 Å². The lowest BCUT2D eigenvalue weighted by Gasteiger charge is -2.27. The third-order valence-electron chi connectivity index (χ3n) is 1.98. The van der Waals surface area contributed by atoms with Gasteiger partial charge in [-0.2, -0.15) is 13.2 Å². The molecule has 0 aromatic heterocycles. The van der Waals surface area contributed by atoms with Gasteiger partial charge in [0.05, 0.1) is 0 Å². The number of nitrogens with zero attached hydrogens (tertiary/aromatic N) is 2. The second-order valence-corrected chi connectivity index (χ2v) is 4.70. The fraction of sp³-hybridized carbons (Fsp3) is 0.667. The maximum absolute atomic E-state index is 12.0. The fourth-order valence-electron chi connectivity index (χ4n) is 0.920. The van der Waals surface area contributed by atoms with E-state index in [9.17, 15) is 21.6 Å². The lowest BCUT2D eigenvalue weighted by atomic mass is 10.5. The van der Waals surface area contributed by atoms with Gasteiger partial charge in [0, 0.05) is 19.4 Å². The Balaban J connectivity index is 2.77. The van der Waals surface area contributed by atoms with Crippen LogP contribution in [0.25, 0.3) is 0 Å². The van der Waals surface area contributed by atoms with E-state index in [1.54, 1.807) is 18.9 Å². The number of sulfonamides is 1. The molecule has 0 aromatic rings. The number of rotatable bonds is 2. The summed E-state index contributed by atoms with van der Waals surface area (Å²) in [4.78, 5) is 2.98. The molecule has 1 heterocycles. The first-order valence-electron chi connectivity index (χ1n) is 3.92. The van der Waals surface area contributed by atoms with Crippen molar-refractivity contribution in [3.63, 3.8) is 0 Å². The van der Waals surface area contributed by atoms with Gasteiger partial charge in [-0.1, -0.05) is 0 Å². The second-order valence-electron chi connectivity index (χ2n) is 3.04. The minimum atomic E-state index is -5.34. The summed E-state index contributed by atoms with van der Waals surface area (Å²) in [5.74, 6) is 0. The highest BCUT2D eigenvalue weighted by molar-refractivity contribution is 7.90. The van der Waals surface area contributed by atoms with E-state index < -0.39 is 21.7 Å². The molecule has 1 unspecified atom stereocenters. The predicted molar refractivity (Wildman–Crippen MR) is 46.3 cm³/mol. The Morgan fingerprint density at radius 2 is 1.87 bits per heavy atom. The molecule has 0 saturated heterocycles. The molecule has 1 rings (SSSR count). The number of hydrogen-bond acceptors (Lipinski definition) is 4. The summed E-state index contributed by atoms with van der Waals surface area (Å²) in [6.45, 7) is 1.55. The van der Waals surface area contributed by atoms with Crippen LogP contribution in [0, 0.1) is 0 Å². The molecule has 0 bridgehead atoms. The smallest absolute Gasteiger partial charge is 0.358 e. The summed E-state index contributed by atoms with van der Waals surface area (Å²) >= 11 is 0. The lowest BCUT2D eigenvalue weighted by molar-refractivity contribution is -0.0472. The van der Waals surface area contributed by atoms with E-state index in [0.29, 0.717) is 0 Å². The summed E-state index contributed by atoms with van der Waals surface area (Å²) in [6, 6.07) is 0. The molecule has 0 radical (unpaired) electrons. The van der Waals surface area contributed by atoms with Crippen molar-refractivity contribution in [1.29, 1.82) is 0 Å². The Morgan fingerprint density at radius 3 is 2.20 bits per heavy atom. The zero-order valence-electron chi connectivity index (χ0n) is 7.99. The standard InChI is InChI=1S/C6H10F3N3O2S/c1-5-11(2)3-4-12(5)10-15(13,14)6(7,8)9/h3-5,10H,1-2H3. The Kier molecular flexibility index (Phi) is 2.88. The monoisotopic (exact) mass is 245 g/mol. The van der Waals surface area contributed by atoms with Gasteiger partial charge in [-0.25, -0.2) is 8.42 Å². The molecule has 1 aliphatic heterocycles. The van der Waals surface area contributed by atoms with Crippen molar-refractivity contribution in [2.75, 3.05) is 7.05 Å². The topological polar surface area (TPSA) is 52.6 Å². The van der Waals surface area contributed by atoms with Crippen LogP contribution in [-0.2, 0) is 10.0 Å². The first-order valence-corrected chi connectivity index (χ1v) is 5.41. The van der Waals surface area contributed by atoms with Crippen molar-refractivity contribution in [3.8, 4) is 0 Å². The summed E-state index contributed by atoms with van der Waals surface area (Å²) in [6.07, 6.45) is 2.18. The highest BCUT2D eigenvalue weighted by atomic mass is 32.2. The zero-order valence-corrected chi connectivity index (χ0v) is 8.80. The van der Waals surface area contributed by atoms with Crippen LogP contribution in [-0.4, -0.2) is 37.0 Å². The SMILES string of the molecule is CC1N(C)C=CN1NS(=O)(=O)C(F)(F)F. The molecule has 5 nitrogen and oxygen atoms in total. The van der Waals surface area contributed by atoms with Crippen molar-refractivity contribution >= 4 is 10.0 Å². The van der Waals surface area contributed by atoms with E-state index in [2.05, 4.69) is 0 Å². The molecule has 9 heteroatoms. The molecule has 88 valence electrons. The number of hydrogen-bond donors (Lipinski definition) is 1. The van der Waals surface area contributed by atoms with Gasteiger partial charge in [0.25, 0.3) is 0 Å². The second kappa shape index (κ2) is 3.56. The van der Waals surface area contributed by atoms with Crippen LogP contribution < -0.4 is 4.83 Å². The molecule has 1 aliphatic rings. The van der Waals surface area contributed by atoms with Gasteiger partial charge in [-0.05, 0) is 6.92 Å². The molecular weight excluding hydrogens is 235 g/mol. The number of hydrazine groups is 1. The van der Waals surface area contributed by atoms with E-state index in [-0.39, 0.29) is 0 Å². The maximum atomic E-state index is 12.0. The molecule has 0 amide bonds. The molecule has 0 spiro atoms. The minimum Gasteiger partial charge on any atom is -0.358 e. The van der Waals surface area contributed by atoms with Crippen LogP contribution in [0.1, 0.15) is 6.92 Å². The van der Waals surface area contributed by atoms with Crippen molar-refractivity contribution in [2.24, 2.45) is 0 Å². The molecule has 1 atom stereocenters. The van der Waals surface area contributed by atoms with Crippen LogP contribution in [0.15, 0.2) is 12.4 Å². The van der Waals surface area contributed by atoms with E-state index in [1.807, 2.05) is 0 Å². The molecule has 0 saturated carbocycles. The van der Waals surface area contributed by atoms with Crippen LogP contribution in [0.4, 0.5) is 13.2 Å². The van der Waals surface area contributed by atoms with E-state index in [4.69, 9.17) is 0 Å². The number of halogens is 3. The van der Waals surface area contributed by atoms with Crippen molar-refractivity contribution in [1.82, 2.24) is 14.7 Å². The van der Waals surface area contributed by atoms with Gasteiger partial charge < -0.3 is 4.90 Å². The fourth-order valence-corrected chi connectivity index (χ4v) is 1.51. The molecule has 0 aromatic carbocycles. The van der Waals surface area contributed by atoms with Crippen molar-refractivity contribution in [3.05, 3.63) is 12.4 Å². The quantitative estimate of drug-likeness (QED) is 0.765. The first kappa shape index (κ1) is 12.1. The molecule has 1 N–H and O–H groups in total. The third kappa shape index (κ3) is 2.34. The van der Waals surface area contributed by atoms with Crippen LogP contribution in [0.5, 0.6) is 0 Å². The Labute approximate surface area is 85.2 Å². The molecular formula is C6H10F3N3O2S. The first-order chi connectivity index (χ1) is 6.65. The zero-order chi connectivity index (χ0) is 11.9. The average Bonchev–Trinajstić information content (AvgIpc) is 2.33. The number of alkyl halides is 3. The Hall–Kier alpha value is -0.960. The summed E-state index contributed by atoms with van der Waals surface area (Å²) in [5.41, 5.74) is -5.30. The molecule has 15 heavy (non-hydrogen) atoms. The van der Waals surface area contributed by atoms with E-state index >= 15 is 0 Å². The average molecular weight is 245 g/mol. The normalized spacial score (nSPS) is 22.6. The van der Waals surface area contributed by atoms with E-state index in [1.165, 1.54) is 17.2 Å². The molecule has 0 fully saturated rings. The highest BCUT2D eigenvalue weighted by Crippen LogP contribution is 2.23. The van der Waals surface area contributed by atoms with Gasteiger partial charge in [0.1, 0.15) is 6.17 Å². The summed E-state index contributed by atoms with van der Waals surface area (Å²) in [5, 5.41) is 0.864. The Bertz CT molecular complexity index is 364. The number of nitrogens with one attached hydrogen (secondary N) is 1. The van der Waals surface area contributed by atoms with Crippen LogP contribution in [0.3, 0.4) is 0 Å². The predicted octanol–water partition coefficient (Wildman–Crippen LogP) is 0.405. The highest BCUT2D eigenvalue weighted by Gasteiger charge is 2.47. The molecule has 0 aliphatic carbocycles. The van der Waals surface area contributed by atoms with Crippen LogP contribution in [0.2, 0.25) is 0 Å². The van der Waals surface area contributed by atoms with Crippen molar-refractivity contribution < 1.29 is 21.6 Å². The Morgan fingerprint density at radius 1 is 1.33 bits per heavy atom. The summed E-state index contributed by atoms with van der Waals surface area (Å²) in [7, 11) is -3.73. The maximum Gasteiger partial charge on any atom is 0.513 e. The lowest BCUT2D eigenvalue weighted by Crippen LogP contribution is -2.49. The van der Waals surface area contributed by atoms with Gasteiger partial charge in [0.15, 0.2) is 0 Å². The van der Waals surface area contributed by atoms with Gasteiger partial charge >= 0.3 is 15.5 Å². The van der Waals surface area contributed by atoms with Gasteiger partial charge in [-0.3, -0.25) is 5.01 Å². The van der Waals surface area contributed by atoms with Gasteiger partial charge in [-0.15, -0.1) is 4.83 Å². The van der Waals surface area contributed by atoms with Gasteiger partial charge in [0.2, 0.25) is 0 Å². The largest absolute Gasteiger partial charge is 0.513 e. The minimum absolute atomic E-state index is 0.498. The van der Waals surface area contributed by atoms with E-state index in [0.717, 1.165) is 5.01 Å². The third-order valence-corrected chi connectivity index (χ3v) is 3.05. The van der Waals surface area contributed by atoms with Crippen molar-refractivity contribution in [2.45, 2.75) is 18.6 Å². The summed E-state index contributed by atoms with van der Waals surface area (Å²) < 4.78 is 57.4.